The first-order valence-electron chi connectivity index (χ1n) is 4.85. The Morgan fingerprint density at radius 1 is 1.17 bits per heavy atom. The van der Waals surface area contributed by atoms with Crippen LogP contribution < -0.4 is 5.56 Å². The van der Waals surface area contributed by atoms with Crippen molar-refractivity contribution in [3.05, 3.63) is 57.9 Å². The maximum Gasteiger partial charge on any atom is 0.256 e. The topological polar surface area (TPSA) is 45.8 Å². The number of benzene rings is 1. The number of pyridine rings is 1. The van der Waals surface area contributed by atoms with Crippen molar-refractivity contribution in [1.82, 2.24) is 4.57 Å². The van der Waals surface area contributed by atoms with Gasteiger partial charge in [-0.1, -0.05) is 6.07 Å². The summed E-state index contributed by atoms with van der Waals surface area (Å²) in [5.41, 5.74) is -1.15. The van der Waals surface area contributed by atoms with E-state index in [1.165, 1.54) is 12.1 Å². The van der Waals surface area contributed by atoms with Crippen molar-refractivity contribution in [3.63, 3.8) is 0 Å². The maximum atomic E-state index is 13.6. The van der Waals surface area contributed by atoms with Crippen LogP contribution in [0.3, 0.4) is 0 Å². The highest BCUT2D eigenvalue weighted by Gasteiger charge is 2.16. The Morgan fingerprint density at radius 3 is 2.33 bits per heavy atom. The van der Waals surface area contributed by atoms with Gasteiger partial charge in [0.15, 0.2) is 0 Å². The molecule has 0 fully saturated rings. The second-order valence-electron chi connectivity index (χ2n) is 3.43. The van der Waals surface area contributed by atoms with E-state index in [0.717, 1.165) is 22.8 Å². The fourth-order valence-electron chi connectivity index (χ4n) is 1.53. The molecule has 6 heteroatoms. The van der Waals surface area contributed by atoms with Crippen molar-refractivity contribution < 1.29 is 8.78 Å². The summed E-state index contributed by atoms with van der Waals surface area (Å²) in [6.45, 7) is 0. The number of thiol groups is 1. The third-order valence-electron chi connectivity index (χ3n) is 2.35. The number of halogens is 2. The molecule has 0 atom stereocenters. The van der Waals surface area contributed by atoms with E-state index >= 15 is 0 Å². The summed E-state index contributed by atoms with van der Waals surface area (Å²) < 4.78 is 28.0. The van der Waals surface area contributed by atoms with Crippen molar-refractivity contribution in [2.45, 2.75) is 5.03 Å². The van der Waals surface area contributed by atoms with Crippen molar-refractivity contribution in [3.8, 4) is 11.8 Å². The number of hydrogen-bond donors (Lipinski definition) is 1. The lowest BCUT2D eigenvalue weighted by Crippen LogP contribution is -2.21. The quantitative estimate of drug-likeness (QED) is 0.803. The molecule has 0 amide bonds. The molecule has 90 valence electrons. The molecule has 0 spiro atoms. The van der Waals surface area contributed by atoms with Gasteiger partial charge in [0.25, 0.3) is 5.56 Å². The van der Waals surface area contributed by atoms with Crippen LogP contribution in [-0.2, 0) is 0 Å². The molecule has 1 aromatic heterocycles. The number of hydrogen-bond acceptors (Lipinski definition) is 3. The zero-order valence-electron chi connectivity index (χ0n) is 8.89. The maximum absolute atomic E-state index is 13.6. The first-order valence-corrected chi connectivity index (χ1v) is 5.30. The van der Waals surface area contributed by atoms with Gasteiger partial charge in [0.05, 0.1) is 10.6 Å². The molecule has 18 heavy (non-hydrogen) atoms. The minimum Gasteiger partial charge on any atom is -0.269 e. The molecule has 1 heterocycles. The highest BCUT2D eigenvalue weighted by atomic mass is 32.1. The van der Waals surface area contributed by atoms with E-state index in [9.17, 15) is 13.6 Å². The lowest BCUT2D eigenvalue weighted by atomic mass is 10.2. The SMILES string of the molecule is N#Cc1ccc(=O)n(-c2c(F)cccc2F)c1S. The molecular formula is C12H6F2N2OS. The van der Waals surface area contributed by atoms with E-state index in [2.05, 4.69) is 12.6 Å². The van der Waals surface area contributed by atoms with Gasteiger partial charge in [0, 0.05) is 6.07 Å². The number of nitriles is 1. The predicted octanol–water partition coefficient (Wildman–Crippen LogP) is 2.28. The van der Waals surface area contributed by atoms with Crippen LogP contribution in [0, 0.1) is 23.0 Å². The summed E-state index contributed by atoms with van der Waals surface area (Å²) in [5.74, 6) is -1.80. The second kappa shape index (κ2) is 4.63. The van der Waals surface area contributed by atoms with Crippen LogP contribution in [-0.4, -0.2) is 4.57 Å². The average Bonchev–Trinajstić information content (AvgIpc) is 2.33. The van der Waals surface area contributed by atoms with Crippen LogP contribution in [0.2, 0.25) is 0 Å². The highest BCUT2D eigenvalue weighted by Crippen LogP contribution is 2.21. The Labute approximate surface area is 106 Å². The monoisotopic (exact) mass is 264 g/mol. The van der Waals surface area contributed by atoms with Gasteiger partial charge in [-0.3, -0.25) is 9.36 Å². The molecule has 0 saturated heterocycles. The molecule has 3 nitrogen and oxygen atoms in total. The van der Waals surface area contributed by atoms with E-state index in [1.807, 2.05) is 0 Å². The summed E-state index contributed by atoms with van der Waals surface area (Å²) in [6, 6.07) is 7.34. The van der Waals surface area contributed by atoms with Crippen LogP contribution >= 0.6 is 12.6 Å². The Kier molecular flexibility index (Phi) is 3.17. The van der Waals surface area contributed by atoms with Crippen LogP contribution in [0.5, 0.6) is 0 Å². The normalized spacial score (nSPS) is 10.1. The van der Waals surface area contributed by atoms with Crippen LogP contribution in [0.25, 0.3) is 5.69 Å². The van der Waals surface area contributed by atoms with Gasteiger partial charge in [-0.15, -0.1) is 12.6 Å². The van der Waals surface area contributed by atoms with E-state index in [4.69, 9.17) is 5.26 Å². The van der Waals surface area contributed by atoms with Crippen LogP contribution in [0.1, 0.15) is 5.56 Å². The van der Waals surface area contributed by atoms with Gasteiger partial charge >= 0.3 is 0 Å². The summed E-state index contributed by atoms with van der Waals surface area (Å²) in [6.07, 6.45) is 0. The molecule has 0 radical (unpaired) electrons. The van der Waals surface area contributed by atoms with Crippen molar-refractivity contribution in [2.24, 2.45) is 0 Å². The molecular weight excluding hydrogens is 258 g/mol. The third kappa shape index (κ3) is 1.89. The largest absolute Gasteiger partial charge is 0.269 e. The number of aromatic nitrogens is 1. The molecule has 1 aromatic carbocycles. The Balaban J connectivity index is 2.88. The molecule has 2 rings (SSSR count). The summed E-state index contributed by atoms with van der Waals surface area (Å²) in [4.78, 5) is 11.7. The van der Waals surface area contributed by atoms with Crippen molar-refractivity contribution in [1.29, 1.82) is 5.26 Å². The molecule has 0 aliphatic rings. The van der Waals surface area contributed by atoms with Gasteiger partial charge in [-0.25, -0.2) is 8.78 Å². The fourth-order valence-corrected chi connectivity index (χ4v) is 1.86. The molecule has 0 N–H and O–H groups in total. The molecule has 0 aliphatic heterocycles. The number of para-hydroxylation sites is 1. The van der Waals surface area contributed by atoms with Crippen LogP contribution in [0.4, 0.5) is 8.78 Å². The minimum absolute atomic E-state index is 0.0561. The summed E-state index contributed by atoms with van der Waals surface area (Å²) in [5, 5.41) is 8.71. The minimum atomic E-state index is -0.900. The van der Waals surface area contributed by atoms with E-state index in [0.29, 0.717) is 0 Å². The van der Waals surface area contributed by atoms with Crippen molar-refractivity contribution >= 4 is 12.6 Å². The average molecular weight is 264 g/mol. The number of nitrogens with zero attached hydrogens (tertiary/aromatic N) is 2. The number of rotatable bonds is 1. The molecule has 2 aromatic rings. The Morgan fingerprint density at radius 2 is 1.78 bits per heavy atom. The van der Waals surface area contributed by atoms with Crippen molar-refractivity contribution in [2.75, 3.05) is 0 Å². The Bertz CT molecular complexity index is 699. The molecule has 0 aliphatic carbocycles. The predicted molar refractivity (Wildman–Crippen MR) is 63.9 cm³/mol. The van der Waals surface area contributed by atoms with E-state index < -0.39 is 22.9 Å². The standard InChI is InChI=1S/C12H6F2N2OS/c13-8-2-1-3-9(14)11(8)16-10(17)5-4-7(6-15)12(16)18/h1-5,18H. The second-order valence-corrected chi connectivity index (χ2v) is 3.85. The lowest BCUT2D eigenvalue weighted by Gasteiger charge is -2.11. The van der Waals surface area contributed by atoms with Gasteiger partial charge in [-0.05, 0) is 18.2 Å². The van der Waals surface area contributed by atoms with Gasteiger partial charge in [0.1, 0.15) is 23.4 Å². The molecule has 0 saturated carbocycles. The zero-order chi connectivity index (χ0) is 13.3. The van der Waals surface area contributed by atoms with E-state index in [1.54, 1.807) is 6.07 Å². The smallest absolute Gasteiger partial charge is 0.256 e. The van der Waals surface area contributed by atoms with Gasteiger partial charge in [0.2, 0.25) is 0 Å². The fraction of sp³-hybridized carbons (Fsp3) is 0. The zero-order valence-corrected chi connectivity index (χ0v) is 9.79. The first-order chi connectivity index (χ1) is 8.56. The molecule has 0 bridgehead atoms. The first kappa shape index (κ1) is 12.3. The third-order valence-corrected chi connectivity index (χ3v) is 2.79. The Hall–Kier alpha value is -2.13. The van der Waals surface area contributed by atoms with Gasteiger partial charge in [-0.2, -0.15) is 5.26 Å². The van der Waals surface area contributed by atoms with Gasteiger partial charge < -0.3 is 0 Å². The highest BCUT2D eigenvalue weighted by molar-refractivity contribution is 7.80. The lowest BCUT2D eigenvalue weighted by molar-refractivity contribution is 0.560. The summed E-state index contributed by atoms with van der Waals surface area (Å²) >= 11 is 3.97. The van der Waals surface area contributed by atoms with Crippen LogP contribution in [0.15, 0.2) is 40.2 Å². The molecule has 0 unspecified atom stereocenters. The van der Waals surface area contributed by atoms with E-state index in [-0.39, 0.29) is 10.6 Å². The summed E-state index contributed by atoms with van der Waals surface area (Å²) in [7, 11) is 0.